The Labute approximate surface area is 148 Å². The summed E-state index contributed by atoms with van der Waals surface area (Å²) in [5, 5.41) is 8.32. The molecule has 3 heterocycles. The van der Waals surface area contributed by atoms with E-state index in [1.54, 1.807) is 0 Å². The number of hydrogen-bond donors (Lipinski definition) is 0. The molecule has 1 atom stereocenters. The van der Waals surface area contributed by atoms with E-state index in [0.717, 1.165) is 30.3 Å². The number of fused-ring (bicyclic) bond motifs is 1. The van der Waals surface area contributed by atoms with Crippen molar-refractivity contribution < 1.29 is 13.2 Å². The minimum atomic E-state index is -4.46. The topological polar surface area (TPSA) is 46.8 Å². The van der Waals surface area contributed by atoms with Crippen molar-refractivity contribution in [3.05, 3.63) is 34.5 Å². The van der Waals surface area contributed by atoms with Crippen LogP contribution in [0.25, 0.3) is 0 Å². The number of rotatable bonds is 3. The number of halogens is 4. The summed E-state index contributed by atoms with van der Waals surface area (Å²) in [6.45, 7) is 7.17. The monoisotopic (exact) mass is 373 g/mol. The molecule has 136 valence electrons. The summed E-state index contributed by atoms with van der Waals surface area (Å²) < 4.78 is 40.5. The van der Waals surface area contributed by atoms with Crippen LogP contribution in [0.5, 0.6) is 0 Å². The molecule has 2 aromatic rings. The summed E-state index contributed by atoms with van der Waals surface area (Å²) >= 11 is 6.11. The lowest BCUT2D eigenvalue weighted by molar-refractivity contribution is -0.137. The third kappa shape index (κ3) is 3.58. The minimum absolute atomic E-state index is 0.0113. The molecule has 0 saturated heterocycles. The summed E-state index contributed by atoms with van der Waals surface area (Å²) in [5.41, 5.74) is -0.851. The lowest BCUT2D eigenvalue weighted by atomic mass is 10.0. The van der Waals surface area contributed by atoms with Crippen LogP contribution in [-0.4, -0.2) is 26.3 Å². The van der Waals surface area contributed by atoms with Crippen LogP contribution < -0.4 is 4.90 Å². The first-order valence-corrected chi connectivity index (χ1v) is 8.42. The number of alkyl halides is 3. The summed E-state index contributed by atoms with van der Waals surface area (Å²) in [6, 6.07) is 1.05. The minimum Gasteiger partial charge on any atom is -0.346 e. The molecular weight excluding hydrogens is 355 g/mol. The Morgan fingerprint density at radius 3 is 2.64 bits per heavy atom. The number of aromatic nitrogens is 4. The van der Waals surface area contributed by atoms with Crippen molar-refractivity contribution in [2.24, 2.45) is 5.92 Å². The zero-order valence-electron chi connectivity index (χ0n) is 14.2. The fourth-order valence-corrected chi connectivity index (χ4v) is 3.56. The van der Waals surface area contributed by atoms with Gasteiger partial charge in [-0.1, -0.05) is 25.4 Å². The SMILES string of the molecule is Cc1nnc2n1[C@@H](CC(C)C)CN(c1ncc(C(F)(F)F)cc1Cl)C2. The van der Waals surface area contributed by atoms with Gasteiger partial charge in [0.05, 0.1) is 23.2 Å². The molecule has 0 radical (unpaired) electrons. The highest BCUT2D eigenvalue weighted by Crippen LogP contribution is 2.36. The molecule has 1 aliphatic heterocycles. The second-order valence-corrected chi connectivity index (χ2v) is 7.13. The van der Waals surface area contributed by atoms with Gasteiger partial charge in [0.2, 0.25) is 0 Å². The molecule has 0 fully saturated rings. The number of hydrogen-bond acceptors (Lipinski definition) is 4. The first kappa shape index (κ1) is 18.0. The molecule has 9 heteroatoms. The van der Waals surface area contributed by atoms with Crippen LogP contribution in [0.2, 0.25) is 5.02 Å². The second-order valence-electron chi connectivity index (χ2n) is 6.72. The Morgan fingerprint density at radius 2 is 2.04 bits per heavy atom. The van der Waals surface area contributed by atoms with E-state index < -0.39 is 11.7 Å². The Hall–Kier alpha value is -1.83. The number of nitrogens with zero attached hydrogens (tertiary/aromatic N) is 5. The predicted octanol–water partition coefficient (Wildman–Crippen LogP) is 4.26. The van der Waals surface area contributed by atoms with Crippen LogP contribution >= 0.6 is 11.6 Å². The summed E-state index contributed by atoms with van der Waals surface area (Å²) in [6.07, 6.45) is -2.74. The predicted molar refractivity (Wildman–Crippen MR) is 88.6 cm³/mol. The molecule has 5 nitrogen and oxygen atoms in total. The summed E-state index contributed by atoms with van der Waals surface area (Å²) in [4.78, 5) is 5.85. The van der Waals surface area contributed by atoms with E-state index in [9.17, 15) is 13.2 Å². The van der Waals surface area contributed by atoms with Gasteiger partial charge in [0, 0.05) is 12.7 Å². The molecule has 0 spiro atoms. The van der Waals surface area contributed by atoms with Crippen molar-refractivity contribution in [3.63, 3.8) is 0 Å². The second kappa shape index (κ2) is 6.48. The Kier molecular flexibility index (Phi) is 4.66. The van der Waals surface area contributed by atoms with Gasteiger partial charge in [-0.15, -0.1) is 10.2 Å². The van der Waals surface area contributed by atoms with E-state index in [1.807, 2.05) is 11.8 Å². The van der Waals surface area contributed by atoms with Crippen LogP contribution in [0, 0.1) is 12.8 Å². The van der Waals surface area contributed by atoms with Gasteiger partial charge in [0.1, 0.15) is 11.6 Å². The molecule has 0 N–H and O–H groups in total. The molecule has 3 rings (SSSR count). The smallest absolute Gasteiger partial charge is 0.346 e. The zero-order valence-corrected chi connectivity index (χ0v) is 14.9. The maximum absolute atomic E-state index is 12.8. The Morgan fingerprint density at radius 1 is 1.32 bits per heavy atom. The van der Waals surface area contributed by atoms with Crippen molar-refractivity contribution in [1.82, 2.24) is 19.7 Å². The molecule has 0 aliphatic carbocycles. The van der Waals surface area contributed by atoms with E-state index in [4.69, 9.17) is 11.6 Å². The average molecular weight is 374 g/mol. The highest BCUT2D eigenvalue weighted by molar-refractivity contribution is 6.33. The number of pyridine rings is 1. The molecular formula is C16H19ClF3N5. The van der Waals surface area contributed by atoms with Crippen molar-refractivity contribution in [2.45, 2.75) is 46.0 Å². The van der Waals surface area contributed by atoms with Gasteiger partial charge in [0.15, 0.2) is 5.82 Å². The summed E-state index contributed by atoms with van der Waals surface area (Å²) in [5.74, 6) is 2.41. The molecule has 2 aromatic heterocycles. The first-order chi connectivity index (χ1) is 11.7. The van der Waals surface area contributed by atoms with Crippen molar-refractivity contribution in [2.75, 3.05) is 11.4 Å². The van der Waals surface area contributed by atoms with Crippen molar-refractivity contribution in [3.8, 4) is 0 Å². The standard InChI is InChI=1S/C16H19ClF3N5/c1-9(2)4-12-7-24(8-14-23-22-10(3)25(12)14)15-13(17)5-11(6-21-15)16(18,19)20/h5-6,9,12H,4,7-8H2,1-3H3/t12-/m0/s1. The Bertz CT molecular complexity index is 772. The van der Waals surface area contributed by atoms with Gasteiger partial charge in [-0.25, -0.2) is 4.98 Å². The average Bonchev–Trinajstić information content (AvgIpc) is 2.87. The molecule has 0 saturated carbocycles. The lowest BCUT2D eigenvalue weighted by Crippen LogP contribution is -2.39. The van der Waals surface area contributed by atoms with Crippen molar-refractivity contribution >= 4 is 17.4 Å². The molecule has 0 amide bonds. The highest BCUT2D eigenvalue weighted by atomic mass is 35.5. The fourth-order valence-electron chi connectivity index (χ4n) is 3.27. The van der Waals surface area contributed by atoms with Crippen molar-refractivity contribution in [1.29, 1.82) is 0 Å². The van der Waals surface area contributed by atoms with E-state index in [0.29, 0.717) is 24.8 Å². The maximum Gasteiger partial charge on any atom is 0.417 e. The fraction of sp³-hybridized carbons (Fsp3) is 0.562. The molecule has 1 aliphatic rings. The van der Waals surface area contributed by atoms with E-state index in [1.165, 1.54) is 0 Å². The number of aryl methyl sites for hydroxylation is 1. The van der Waals surface area contributed by atoms with Crippen LogP contribution in [-0.2, 0) is 12.7 Å². The largest absolute Gasteiger partial charge is 0.417 e. The van der Waals surface area contributed by atoms with Gasteiger partial charge in [-0.3, -0.25) is 0 Å². The molecule has 25 heavy (non-hydrogen) atoms. The van der Waals surface area contributed by atoms with E-state index in [2.05, 4.69) is 33.6 Å². The van der Waals surface area contributed by atoms with Crippen LogP contribution in [0.3, 0.4) is 0 Å². The molecule has 0 unspecified atom stereocenters. The number of anilines is 1. The third-order valence-corrected chi connectivity index (χ3v) is 4.54. The van der Waals surface area contributed by atoms with Gasteiger partial charge >= 0.3 is 6.18 Å². The maximum atomic E-state index is 12.8. The van der Waals surface area contributed by atoms with E-state index >= 15 is 0 Å². The normalized spacial score (nSPS) is 17.9. The zero-order chi connectivity index (χ0) is 18.4. The first-order valence-electron chi connectivity index (χ1n) is 8.05. The molecule has 0 aromatic carbocycles. The Balaban J connectivity index is 1.94. The van der Waals surface area contributed by atoms with E-state index in [-0.39, 0.29) is 11.1 Å². The molecule has 0 bridgehead atoms. The van der Waals surface area contributed by atoms with Gasteiger partial charge in [0.25, 0.3) is 0 Å². The van der Waals surface area contributed by atoms with Crippen LogP contribution in [0.4, 0.5) is 19.0 Å². The lowest BCUT2D eigenvalue weighted by Gasteiger charge is -2.36. The highest BCUT2D eigenvalue weighted by Gasteiger charge is 2.34. The van der Waals surface area contributed by atoms with Crippen LogP contribution in [0.15, 0.2) is 12.3 Å². The van der Waals surface area contributed by atoms with Gasteiger partial charge < -0.3 is 9.47 Å². The summed E-state index contributed by atoms with van der Waals surface area (Å²) in [7, 11) is 0. The quantitative estimate of drug-likeness (QED) is 0.806. The van der Waals surface area contributed by atoms with Gasteiger partial charge in [-0.05, 0) is 25.3 Å². The third-order valence-electron chi connectivity index (χ3n) is 4.26. The van der Waals surface area contributed by atoms with Gasteiger partial charge in [-0.2, -0.15) is 13.2 Å². The van der Waals surface area contributed by atoms with Crippen LogP contribution in [0.1, 0.15) is 43.5 Å².